The molecule has 3 heteroatoms. The third kappa shape index (κ3) is 5.36. The molecule has 1 rings (SSSR count). The lowest BCUT2D eigenvalue weighted by molar-refractivity contribution is -0.0273. The van der Waals surface area contributed by atoms with Gasteiger partial charge < -0.3 is 9.47 Å². The van der Waals surface area contributed by atoms with E-state index in [1.807, 2.05) is 0 Å². The second-order valence-electron chi connectivity index (χ2n) is 5.24. The summed E-state index contributed by atoms with van der Waals surface area (Å²) in [5.41, 5.74) is 0. The highest BCUT2D eigenvalue weighted by Gasteiger charge is 2.25. The molecule has 102 valence electrons. The van der Waals surface area contributed by atoms with Crippen molar-refractivity contribution in [3.8, 4) is 0 Å². The van der Waals surface area contributed by atoms with Gasteiger partial charge in [0.1, 0.15) is 0 Å². The van der Waals surface area contributed by atoms with Crippen LogP contribution < -0.4 is 0 Å². The summed E-state index contributed by atoms with van der Waals surface area (Å²) in [6.07, 6.45) is 5.84. The largest absolute Gasteiger partial charge is 0.383 e. The predicted octanol–water partition coefficient (Wildman–Crippen LogP) is 2.69. The molecule has 0 N–H and O–H groups in total. The van der Waals surface area contributed by atoms with Crippen LogP contribution in [0.1, 0.15) is 46.5 Å². The van der Waals surface area contributed by atoms with Gasteiger partial charge >= 0.3 is 0 Å². The van der Waals surface area contributed by atoms with Crippen LogP contribution in [0.4, 0.5) is 0 Å². The van der Waals surface area contributed by atoms with Gasteiger partial charge in [-0.05, 0) is 46.1 Å². The van der Waals surface area contributed by atoms with Crippen LogP contribution in [-0.2, 0) is 9.47 Å². The van der Waals surface area contributed by atoms with Crippen molar-refractivity contribution in [2.45, 2.75) is 64.7 Å². The second-order valence-corrected chi connectivity index (χ2v) is 5.24. The monoisotopic (exact) mass is 243 g/mol. The first-order valence-corrected chi connectivity index (χ1v) is 7.05. The maximum atomic E-state index is 5.89. The highest BCUT2D eigenvalue weighted by atomic mass is 16.5. The van der Waals surface area contributed by atoms with Gasteiger partial charge in [0, 0.05) is 19.7 Å². The van der Waals surface area contributed by atoms with Crippen LogP contribution in [0.5, 0.6) is 0 Å². The maximum Gasteiger partial charge on any atom is 0.0589 e. The molecule has 1 aliphatic carbocycles. The molecule has 0 unspecified atom stereocenters. The smallest absolute Gasteiger partial charge is 0.0589 e. The van der Waals surface area contributed by atoms with Gasteiger partial charge in [-0.1, -0.05) is 6.92 Å². The zero-order valence-corrected chi connectivity index (χ0v) is 11.9. The summed E-state index contributed by atoms with van der Waals surface area (Å²) < 4.78 is 11.1. The fraction of sp³-hybridized carbons (Fsp3) is 1.00. The van der Waals surface area contributed by atoms with E-state index in [1.54, 1.807) is 7.11 Å². The van der Waals surface area contributed by atoms with Crippen LogP contribution in [-0.4, -0.2) is 50.0 Å². The Bertz CT molecular complexity index is 189. The third-order valence-electron chi connectivity index (χ3n) is 3.61. The molecule has 0 amide bonds. The van der Waals surface area contributed by atoms with Gasteiger partial charge in [0.25, 0.3) is 0 Å². The minimum absolute atomic E-state index is 0.368. The van der Waals surface area contributed by atoms with Gasteiger partial charge in [-0.25, -0.2) is 0 Å². The van der Waals surface area contributed by atoms with Gasteiger partial charge in [-0.3, -0.25) is 4.90 Å². The van der Waals surface area contributed by atoms with Gasteiger partial charge in [-0.15, -0.1) is 0 Å². The first kappa shape index (κ1) is 14.9. The van der Waals surface area contributed by atoms with Crippen LogP contribution in [0.3, 0.4) is 0 Å². The van der Waals surface area contributed by atoms with E-state index in [9.17, 15) is 0 Å². The highest BCUT2D eigenvalue weighted by molar-refractivity contribution is 4.80. The van der Waals surface area contributed by atoms with Crippen molar-refractivity contribution in [1.29, 1.82) is 0 Å². The summed E-state index contributed by atoms with van der Waals surface area (Å²) in [4.78, 5) is 2.55. The first-order chi connectivity index (χ1) is 8.17. The number of hydrogen-bond acceptors (Lipinski definition) is 3. The number of likely N-dealkylation sites (N-methyl/N-ethyl adjacent to an activating group) is 1. The Morgan fingerprint density at radius 3 is 2.29 bits per heavy atom. The van der Waals surface area contributed by atoms with E-state index < -0.39 is 0 Å². The summed E-state index contributed by atoms with van der Waals surface area (Å²) in [6, 6.07) is 0.738. The molecule has 17 heavy (non-hydrogen) atoms. The molecule has 0 bridgehead atoms. The molecule has 0 aliphatic heterocycles. The Kier molecular flexibility index (Phi) is 7.09. The van der Waals surface area contributed by atoms with E-state index in [1.165, 1.54) is 25.7 Å². The molecular formula is C14H29NO2. The molecule has 1 saturated carbocycles. The Hall–Kier alpha value is -0.120. The normalized spacial score (nSPS) is 25.8. The van der Waals surface area contributed by atoms with Gasteiger partial charge in [0.05, 0.1) is 18.8 Å². The van der Waals surface area contributed by atoms with Crippen LogP contribution in [0, 0.1) is 0 Å². The van der Waals surface area contributed by atoms with Crippen LogP contribution >= 0.6 is 0 Å². The van der Waals surface area contributed by atoms with E-state index in [0.29, 0.717) is 12.2 Å². The lowest BCUT2D eigenvalue weighted by atomic mass is 9.91. The molecule has 0 saturated heterocycles. The van der Waals surface area contributed by atoms with E-state index >= 15 is 0 Å². The minimum atomic E-state index is 0.368. The molecule has 3 nitrogen and oxygen atoms in total. The topological polar surface area (TPSA) is 21.7 Å². The standard InChI is InChI=1S/C14H29NO2/c1-5-15(10-11-16-4)13-6-8-14(9-7-13)17-12(2)3/h12-14H,5-11H2,1-4H3. The molecule has 0 heterocycles. The lowest BCUT2D eigenvalue weighted by Crippen LogP contribution is -2.41. The zero-order chi connectivity index (χ0) is 12.7. The number of nitrogens with zero attached hydrogens (tertiary/aromatic N) is 1. The number of ether oxygens (including phenoxy) is 2. The van der Waals surface area contributed by atoms with Crippen molar-refractivity contribution < 1.29 is 9.47 Å². The van der Waals surface area contributed by atoms with E-state index in [0.717, 1.165) is 25.7 Å². The highest BCUT2D eigenvalue weighted by Crippen LogP contribution is 2.25. The van der Waals surface area contributed by atoms with Crippen molar-refractivity contribution in [2.24, 2.45) is 0 Å². The molecule has 0 atom stereocenters. The van der Waals surface area contributed by atoms with Crippen molar-refractivity contribution in [1.82, 2.24) is 4.90 Å². The summed E-state index contributed by atoms with van der Waals surface area (Å²) >= 11 is 0. The maximum absolute atomic E-state index is 5.89. The quantitative estimate of drug-likeness (QED) is 0.686. The molecule has 0 aromatic carbocycles. The van der Waals surface area contributed by atoms with Crippen LogP contribution in [0.2, 0.25) is 0 Å². The number of methoxy groups -OCH3 is 1. The summed E-state index contributed by atoms with van der Waals surface area (Å²) in [6.45, 7) is 9.53. The molecule has 0 aromatic rings. The SMILES string of the molecule is CCN(CCOC)C1CCC(OC(C)C)CC1. The van der Waals surface area contributed by atoms with Crippen molar-refractivity contribution in [3.63, 3.8) is 0 Å². The summed E-state index contributed by atoms with van der Waals surface area (Å²) in [7, 11) is 1.78. The minimum Gasteiger partial charge on any atom is -0.383 e. The molecule has 1 fully saturated rings. The zero-order valence-electron chi connectivity index (χ0n) is 11.9. The van der Waals surface area contributed by atoms with Gasteiger partial charge in [0.15, 0.2) is 0 Å². The molecule has 0 radical (unpaired) electrons. The van der Waals surface area contributed by atoms with Crippen molar-refractivity contribution in [3.05, 3.63) is 0 Å². The molecule has 1 aliphatic rings. The Labute approximate surface area is 106 Å². The van der Waals surface area contributed by atoms with Crippen molar-refractivity contribution in [2.75, 3.05) is 26.8 Å². The van der Waals surface area contributed by atoms with E-state index in [-0.39, 0.29) is 0 Å². The average Bonchev–Trinajstić information content (AvgIpc) is 2.31. The van der Waals surface area contributed by atoms with Gasteiger partial charge in [-0.2, -0.15) is 0 Å². The van der Waals surface area contributed by atoms with Crippen LogP contribution in [0.25, 0.3) is 0 Å². The predicted molar refractivity (Wildman–Crippen MR) is 71.4 cm³/mol. The van der Waals surface area contributed by atoms with E-state index in [4.69, 9.17) is 9.47 Å². The number of rotatable bonds is 7. The summed E-state index contributed by atoms with van der Waals surface area (Å²) in [5.74, 6) is 0. The lowest BCUT2D eigenvalue weighted by Gasteiger charge is -2.36. The fourth-order valence-electron chi connectivity index (χ4n) is 2.74. The molecule has 0 spiro atoms. The third-order valence-corrected chi connectivity index (χ3v) is 3.61. The average molecular weight is 243 g/mol. The fourth-order valence-corrected chi connectivity index (χ4v) is 2.74. The summed E-state index contributed by atoms with van der Waals surface area (Å²) in [5, 5.41) is 0. The van der Waals surface area contributed by atoms with Gasteiger partial charge in [0.2, 0.25) is 0 Å². The molecule has 0 aromatic heterocycles. The second kappa shape index (κ2) is 8.06. The number of hydrogen-bond donors (Lipinski definition) is 0. The van der Waals surface area contributed by atoms with Crippen molar-refractivity contribution >= 4 is 0 Å². The Morgan fingerprint density at radius 1 is 1.18 bits per heavy atom. The van der Waals surface area contributed by atoms with E-state index in [2.05, 4.69) is 25.7 Å². The Morgan fingerprint density at radius 2 is 1.82 bits per heavy atom. The Balaban J connectivity index is 2.28. The first-order valence-electron chi connectivity index (χ1n) is 7.05. The molecular weight excluding hydrogens is 214 g/mol. The van der Waals surface area contributed by atoms with Crippen LogP contribution in [0.15, 0.2) is 0 Å².